The van der Waals surface area contributed by atoms with Gasteiger partial charge >= 0.3 is 5.97 Å². The number of hydrogen-bond donors (Lipinski definition) is 2. The van der Waals surface area contributed by atoms with E-state index in [4.69, 9.17) is 31.4 Å². The number of nitrogens with zero attached hydrogens (tertiary/aromatic N) is 1. The highest BCUT2D eigenvalue weighted by Crippen LogP contribution is 2.34. The zero-order valence-electron chi connectivity index (χ0n) is 18.5. The van der Waals surface area contributed by atoms with Gasteiger partial charge in [0.15, 0.2) is 0 Å². The van der Waals surface area contributed by atoms with Gasteiger partial charge in [0.25, 0.3) is 0 Å². The highest BCUT2D eigenvalue weighted by molar-refractivity contribution is 7.99. The van der Waals surface area contributed by atoms with Crippen LogP contribution in [0.25, 0.3) is 0 Å². The largest absolute Gasteiger partial charge is 0.496 e. The molecule has 0 bridgehead atoms. The first kappa shape index (κ1) is 25.9. The Morgan fingerprint density at radius 3 is 2.72 bits per heavy atom. The van der Waals surface area contributed by atoms with Crippen molar-refractivity contribution < 1.29 is 24.6 Å². The predicted octanol–water partition coefficient (Wildman–Crippen LogP) is 5.88. The SMILES string of the molecule is CCCc1c(OCCCSc2ccc(CC(=O)O)cc2Cl)ccc(CCC=NO)c1OC. The van der Waals surface area contributed by atoms with Crippen LogP contribution in [0.5, 0.6) is 11.5 Å². The lowest BCUT2D eigenvalue weighted by atomic mass is 10.0. The highest BCUT2D eigenvalue weighted by Gasteiger charge is 2.15. The zero-order chi connectivity index (χ0) is 23.3. The molecule has 0 spiro atoms. The summed E-state index contributed by atoms with van der Waals surface area (Å²) in [4.78, 5) is 11.8. The van der Waals surface area contributed by atoms with Crippen LogP contribution in [0.1, 0.15) is 42.9 Å². The zero-order valence-corrected chi connectivity index (χ0v) is 20.0. The number of benzene rings is 2. The maximum Gasteiger partial charge on any atom is 0.307 e. The molecule has 8 heteroatoms. The van der Waals surface area contributed by atoms with Gasteiger partial charge in [0.05, 0.1) is 25.2 Å². The van der Waals surface area contributed by atoms with Gasteiger partial charge in [-0.2, -0.15) is 0 Å². The molecule has 174 valence electrons. The third-order valence-electron chi connectivity index (χ3n) is 4.78. The van der Waals surface area contributed by atoms with Gasteiger partial charge in [-0.1, -0.05) is 37.1 Å². The molecular weight excluding hydrogens is 450 g/mol. The molecule has 0 aliphatic heterocycles. The van der Waals surface area contributed by atoms with Crippen molar-refractivity contribution in [1.82, 2.24) is 0 Å². The Bertz CT molecular complexity index is 920. The van der Waals surface area contributed by atoms with Gasteiger partial charge in [0.1, 0.15) is 11.5 Å². The molecule has 0 heterocycles. The molecule has 0 fully saturated rings. The lowest BCUT2D eigenvalue weighted by molar-refractivity contribution is -0.136. The Hall–Kier alpha value is -2.38. The summed E-state index contributed by atoms with van der Waals surface area (Å²) in [5, 5.41) is 21.1. The molecule has 2 rings (SSSR count). The van der Waals surface area contributed by atoms with E-state index < -0.39 is 5.97 Å². The Balaban J connectivity index is 1.93. The first-order chi connectivity index (χ1) is 15.5. The van der Waals surface area contributed by atoms with Crippen molar-refractivity contribution in [2.24, 2.45) is 5.16 Å². The molecule has 0 atom stereocenters. The van der Waals surface area contributed by atoms with Gasteiger partial charge in [0, 0.05) is 22.4 Å². The third-order valence-corrected chi connectivity index (χ3v) is 6.37. The van der Waals surface area contributed by atoms with E-state index in [-0.39, 0.29) is 6.42 Å². The van der Waals surface area contributed by atoms with E-state index >= 15 is 0 Å². The number of carboxylic acid groups (broad SMARTS) is 1. The summed E-state index contributed by atoms with van der Waals surface area (Å²) in [6, 6.07) is 9.38. The molecule has 0 saturated heterocycles. The average molecular weight is 480 g/mol. The fraction of sp³-hybridized carbons (Fsp3) is 0.417. The van der Waals surface area contributed by atoms with Gasteiger partial charge in [-0.3, -0.25) is 4.79 Å². The molecule has 0 unspecified atom stereocenters. The van der Waals surface area contributed by atoms with Gasteiger partial charge < -0.3 is 19.8 Å². The van der Waals surface area contributed by atoms with Crippen molar-refractivity contribution in [3.05, 3.63) is 52.0 Å². The smallest absolute Gasteiger partial charge is 0.307 e. The van der Waals surface area contributed by atoms with Crippen LogP contribution in [-0.2, 0) is 24.1 Å². The monoisotopic (exact) mass is 479 g/mol. The number of oxime groups is 1. The van der Waals surface area contributed by atoms with Crippen molar-refractivity contribution in [2.75, 3.05) is 19.5 Å². The summed E-state index contributed by atoms with van der Waals surface area (Å²) in [7, 11) is 1.67. The number of thioether (sulfide) groups is 1. The van der Waals surface area contributed by atoms with Gasteiger partial charge in [0.2, 0.25) is 0 Å². The first-order valence-corrected chi connectivity index (χ1v) is 12.0. The van der Waals surface area contributed by atoms with E-state index in [1.165, 1.54) is 6.21 Å². The average Bonchev–Trinajstić information content (AvgIpc) is 2.76. The van der Waals surface area contributed by atoms with Crippen molar-refractivity contribution >= 4 is 35.5 Å². The van der Waals surface area contributed by atoms with Crippen LogP contribution in [0.4, 0.5) is 0 Å². The van der Waals surface area contributed by atoms with E-state index in [0.29, 0.717) is 23.6 Å². The van der Waals surface area contributed by atoms with Gasteiger partial charge in [-0.05, 0) is 55.0 Å². The van der Waals surface area contributed by atoms with Crippen molar-refractivity contribution in [1.29, 1.82) is 0 Å². The molecular formula is C24H30ClNO5S. The van der Waals surface area contributed by atoms with E-state index in [2.05, 4.69) is 12.1 Å². The summed E-state index contributed by atoms with van der Waals surface area (Å²) in [5.41, 5.74) is 2.83. The number of carboxylic acids is 1. The standard InChI is InChI=1S/C24H30ClNO5S/c1-3-6-19-21(10-9-18(24(19)30-2)7-4-12-26-29)31-13-5-14-32-22-11-8-17(15-20(22)25)16-23(27)28/h8-12,15,29H,3-7,13-14,16H2,1-2H3,(H,27,28). The number of carbonyl (C=O) groups is 1. The van der Waals surface area contributed by atoms with E-state index in [9.17, 15) is 4.79 Å². The minimum Gasteiger partial charge on any atom is -0.496 e. The minimum atomic E-state index is -0.871. The summed E-state index contributed by atoms with van der Waals surface area (Å²) in [5.74, 6) is 1.64. The quantitative estimate of drug-likeness (QED) is 0.116. The number of hydrogen-bond acceptors (Lipinski definition) is 6. The molecule has 0 amide bonds. The van der Waals surface area contributed by atoms with Crippen molar-refractivity contribution in [3.8, 4) is 11.5 Å². The Morgan fingerprint density at radius 2 is 2.06 bits per heavy atom. The third kappa shape index (κ3) is 7.95. The molecule has 0 aromatic heterocycles. The number of halogens is 1. The number of methoxy groups -OCH3 is 1. The lowest BCUT2D eigenvalue weighted by Crippen LogP contribution is -2.05. The fourth-order valence-electron chi connectivity index (χ4n) is 3.38. The maximum atomic E-state index is 10.8. The molecule has 32 heavy (non-hydrogen) atoms. The van der Waals surface area contributed by atoms with E-state index in [0.717, 1.165) is 59.0 Å². The second-order valence-corrected chi connectivity index (χ2v) is 8.75. The normalized spacial score (nSPS) is 11.1. The summed E-state index contributed by atoms with van der Waals surface area (Å²) >= 11 is 7.92. The van der Waals surface area contributed by atoms with E-state index in [1.54, 1.807) is 31.0 Å². The van der Waals surface area contributed by atoms with Crippen LogP contribution in [0.15, 0.2) is 40.4 Å². The molecule has 0 aliphatic rings. The molecule has 0 saturated carbocycles. The van der Waals surface area contributed by atoms with Crippen LogP contribution < -0.4 is 9.47 Å². The maximum absolute atomic E-state index is 10.8. The summed E-state index contributed by atoms with van der Waals surface area (Å²) < 4.78 is 11.8. The van der Waals surface area contributed by atoms with Crippen LogP contribution in [0, 0.1) is 0 Å². The van der Waals surface area contributed by atoms with Crippen LogP contribution in [0.3, 0.4) is 0 Å². The Labute approximate surface area is 198 Å². The predicted molar refractivity (Wildman–Crippen MR) is 129 cm³/mol. The van der Waals surface area contributed by atoms with E-state index in [1.807, 2.05) is 18.2 Å². The topological polar surface area (TPSA) is 88.4 Å². The lowest BCUT2D eigenvalue weighted by Gasteiger charge is -2.18. The second-order valence-electron chi connectivity index (χ2n) is 7.21. The first-order valence-electron chi connectivity index (χ1n) is 10.6. The number of aliphatic carboxylic acids is 1. The number of aryl methyl sites for hydroxylation is 1. The second kappa shape index (κ2) is 13.9. The molecule has 6 nitrogen and oxygen atoms in total. The van der Waals surface area contributed by atoms with Gasteiger partial charge in [-0.15, -0.1) is 16.9 Å². The van der Waals surface area contributed by atoms with Crippen molar-refractivity contribution in [3.63, 3.8) is 0 Å². The van der Waals surface area contributed by atoms with Crippen LogP contribution in [-0.4, -0.2) is 42.0 Å². The molecule has 0 radical (unpaired) electrons. The number of rotatable bonds is 14. The summed E-state index contributed by atoms with van der Waals surface area (Å²) in [6.45, 7) is 2.69. The highest BCUT2D eigenvalue weighted by atomic mass is 35.5. The minimum absolute atomic E-state index is 0.0319. The Morgan fingerprint density at radius 1 is 1.25 bits per heavy atom. The van der Waals surface area contributed by atoms with Crippen LogP contribution in [0.2, 0.25) is 5.02 Å². The molecule has 2 aromatic rings. The molecule has 0 aliphatic carbocycles. The summed E-state index contributed by atoms with van der Waals surface area (Å²) in [6.07, 6.45) is 5.47. The number of ether oxygens (including phenoxy) is 2. The van der Waals surface area contributed by atoms with Crippen LogP contribution >= 0.6 is 23.4 Å². The van der Waals surface area contributed by atoms with Gasteiger partial charge in [-0.25, -0.2) is 0 Å². The Kier molecular flexibility index (Phi) is 11.2. The fourth-order valence-corrected chi connectivity index (χ4v) is 4.59. The van der Waals surface area contributed by atoms with Crippen molar-refractivity contribution in [2.45, 2.75) is 50.3 Å². The molecule has 2 N–H and O–H groups in total. The molecule has 2 aromatic carbocycles.